The number of thioether (sulfide) groups is 1. The van der Waals surface area contributed by atoms with Crippen molar-refractivity contribution in [1.29, 1.82) is 0 Å². The highest BCUT2D eigenvalue weighted by Gasteiger charge is 2.20. The molecule has 0 spiro atoms. The number of hydrogen-bond acceptors (Lipinski definition) is 5. The molecule has 3 rings (SSSR count). The summed E-state index contributed by atoms with van der Waals surface area (Å²) in [7, 11) is 4.01. The van der Waals surface area contributed by atoms with Crippen molar-refractivity contribution in [2.24, 2.45) is 0 Å². The Balaban J connectivity index is 0.00000300. The molecular weight excluding hydrogens is 452 g/mol. The molecule has 1 aromatic heterocycles. The standard InChI is InChI=1S/C20H21ClFN3OS2.ClH/c1-24(2)10-3-11-25(19(26)13-27-16-7-4-14(21)5-8-16)20-23-17-9-6-15(22)12-18(17)28-20;/h4-9,12H,3,10-11,13H2,1-2H3;1H. The Bertz CT molecular complexity index is 951. The van der Waals surface area contributed by atoms with E-state index in [4.69, 9.17) is 11.6 Å². The van der Waals surface area contributed by atoms with E-state index in [-0.39, 0.29) is 24.1 Å². The molecule has 0 radical (unpaired) electrons. The van der Waals surface area contributed by atoms with Crippen LogP contribution in [0.15, 0.2) is 47.4 Å². The first kappa shape index (κ1) is 23.9. The second kappa shape index (κ2) is 11.1. The highest BCUT2D eigenvalue weighted by atomic mass is 35.5. The largest absolute Gasteiger partial charge is 0.309 e. The fourth-order valence-electron chi connectivity index (χ4n) is 2.63. The number of thiazole rings is 1. The van der Waals surface area contributed by atoms with Gasteiger partial charge in [0.05, 0.1) is 16.0 Å². The molecule has 0 aliphatic rings. The van der Waals surface area contributed by atoms with Crippen LogP contribution in [-0.4, -0.2) is 48.7 Å². The first-order valence-electron chi connectivity index (χ1n) is 8.82. The maximum atomic E-state index is 13.5. The number of rotatable bonds is 8. The maximum Gasteiger partial charge on any atom is 0.239 e. The molecule has 1 amide bonds. The van der Waals surface area contributed by atoms with Gasteiger partial charge in [0, 0.05) is 16.5 Å². The molecule has 156 valence electrons. The van der Waals surface area contributed by atoms with Crippen molar-refractivity contribution < 1.29 is 9.18 Å². The second-order valence-electron chi connectivity index (χ2n) is 6.55. The third kappa shape index (κ3) is 6.83. The fraction of sp³-hybridized carbons (Fsp3) is 0.300. The van der Waals surface area contributed by atoms with Crippen LogP contribution >= 0.6 is 47.1 Å². The van der Waals surface area contributed by atoms with Gasteiger partial charge in [0.15, 0.2) is 5.13 Å². The minimum atomic E-state index is -0.300. The number of hydrogen-bond donors (Lipinski definition) is 0. The molecule has 0 aliphatic carbocycles. The Kier molecular flexibility index (Phi) is 9.17. The van der Waals surface area contributed by atoms with E-state index >= 15 is 0 Å². The van der Waals surface area contributed by atoms with E-state index in [1.54, 1.807) is 11.0 Å². The van der Waals surface area contributed by atoms with Crippen LogP contribution in [0.25, 0.3) is 10.2 Å². The fourth-order valence-corrected chi connectivity index (χ4v) is 4.56. The van der Waals surface area contributed by atoms with Gasteiger partial charge in [-0.15, -0.1) is 24.2 Å². The summed E-state index contributed by atoms with van der Waals surface area (Å²) < 4.78 is 14.3. The molecule has 0 atom stereocenters. The first-order chi connectivity index (χ1) is 13.4. The SMILES string of the molecule is CN(C)CCCN(C(=O)CSc1ccc(Cl)cc1)c1nc2ccc(F)cc2s1.Cl. The summed E-state index contributed by atoms with van der Waals surface area (Å²) in [5.74, 6) is -0.0156. The number of amides is 1. The molecule has 0 aliphatic heterocycles. The zero-order valence-corrected chi connectivity index (χ0v) is 19.3. The number of carbonyl (C=O) groups excluding carboxylic acids is 1. The van der Waals surface area contributed by atoms with Crippen LogP contribution in [0.2, 0.25) is 5.02 Å². The van der Waals surface area contributed by atoms with Crippen LogP contribution in [0.3, 0.4) is 0 Å². The van der Waals surface area contributed by atoms with Crippen molar-refractivity contribution in [3.63, 3.8) is 0 Å². The summed E-state index contributed by atoms with van der Waals surface area (Å²) in [5.41, 5.74) is 0.706. The van der Waals surface area contributed by atoms with Gasteiger partial charge in [0.25, 0.3) is 0 Å². The summed E-state index contributed by atoms with van der Waals surface area (Å²) in [6.45, 7) is 1.44. The zero-order chi connectivity index (χ0) is 20.1. The molecular formula is C20H22Cl2FN3OS2. The molecule has 3 aromatic rings. The van der Waals surface area contributed by atoms with Crippen LogP contribution in [0.5, 0.6) is 0 Å². The van der Waals surface area contributed by atoms with E-state index in [1.807, 2.05) is 38.4 Å². The molecule has 0 saturated heterocycles. The molecule has 0 bridgehead atoms. The quantitative estimate of drug-likeness (QED) is 0.399. The highest BCUT2D eigenvalue weighted by Crippen LogP contribution is 2.30. The Hall–Kier alpha value is -1.38. The topological polar surface area (TPSA) is 36.4 Å². The van der Waals surface area contributed by atoms with Gasteiger partial charge in [-0.05, 0) is 69.5 Å². The smallest absolute Gasteiger partial charge is 0.239 e. The predicted molar refractivity (Wildman–Crippen MR) is 125 cm³/mol. The lowest BCUT2D eigenvalue weighted by molar-refractivity contribution is -0.116. The number of fused-ring (bicyclic) bond motifs is 1. The number of halogens is 3. The van der Waals surface area contributed by atoms with Crippen molar-refractivity contribution in [3.8, 4) is 0 Å². The van der Waals surface area contributed by atoms with Gasteiger partial charge in [-0.3, -0.25) is 9.69 Å². The average Bonchev–Trinajstić information content (AvgIpc) is 3.07. The molecule has 0 unspecified atom stereocenters. The summed E-state index contributed by atoms with van der Waals surface area (Å²) in [6, 6.07) is 11.9. The summed E-state index contributed by atoms with van der Waals surface area (Å²) in [5, 5.41) is 1.28. The van der Waals surface area contributed by atoms with Gasteiger partial charge in [-0.1, -0.05) is 22.9 Å². The lowest BCUT2D eigenvalue weighted by Crippen LogP contribution is -2.34. The van der Waals surface area contributed by atoms with E-state index in [1.165, 1.54) is 35.2 Å². The van der Waals surface area contributed by atoms with Crippen molar-refractivity contribution in [3.05, 3.63) is 53.3 Å². The van der Waals surface area contributed by atoms with E-state index in [0.29, 0.717) is 28.0 Å². The summed E-state index contributed by atoms with van der Waals surface area (Å²) in [4.78, 5) is 22.3. The van der Waals surface area contributed by atoms with Crippen molar-refractivity contribution >= 4 is 68.4 Å². The third-order valence-corrected chi connectivity index (χ3v) is 6.32. The van der Waals surface area contributed by atoms with Crippen LogP contribution in [0.4, 0.5) is 9.52 Å². The summed E-state index contributed by atoms with van der Waals surface area (Å²) >= 11 is 8.73. The van der Waals surface area contributed by atoms with Crippen LogP contribution < -0.4 is 4.90 Å². The van der Waals surface area contributed by atoms with Crippen molar-refractivity contribution in [2.75, 3.05) is 37.8 Å². The Morgan fingerprint density at radius 1 is 1.17 bits per heavy atom. The molecule has 0 N–H and O–H groups in total. The van der Waals surface area contributed by atoms with Crippen molar-refractivity contribution in [1.82, 2.24) is 9.88 Å². The van der Waals surface area contributed by atoms with Crippen molar-refractivity contribution in [2.45, 2.75) is 11.3 Å². The molecule has 1 heterocycles. The Labute approximate surface area is 189 Å². The Morgan fingerprint density at radius 3 is 2.59 bits per heavy atom. The highest BCUT2D eigenvalue weighted by molar-refractivity contribution is 8.00. The maximum absolute atomic E-state index is 13.5. The van der Waals surface area contributed by atoms with E-state index in [2.05, 4.69) is 9.88 Å². The van der Waals surface area contributed by atoms with Crippen LogP contribution in [0, 0.1) is 5.82 Å². The number of nitrogens with zero attached hydrogens (tertiary/aromatic N) is 3. The van der Waals surface area contributed by atoms with E-state index in [9.17, 15) is 9.18 Å². The minimum absolute atomic E-state index is 0. The predicted octanol–water partition coefficient (Wildman–Crippen LogP) is 5.59. The minimum Gasteiger partial charge on any atom is -0.309 e. The lowest BCUT2D eigenvalue weighted by atomic mass is 10.3. The molecule has 0 saturated carbocycles. The lowest BCUT2D eigenvalue weighted by Gasteiger charge is -2.21. The summed E-state index contributed by atoms with van der Waals surface area (Å²) in [6.07, 6.45) is 0.828. The normalized spacial score (nSPS) is 10.9. The number of carbonyl (C=O) groups is 1. The number of anilines is 1. The van der Waals surface area contributed by atoms with Gasteiger partial charge in [-0.2, -0.15) is 0 Å². The first-order valence-corrected chi connectivity index (χ1v) is 11.0. The van der Waals surface area contributed by atoms with Crippen LogP contribution in [-0.2, 0) is 4.79 Å². The van der Waals surface area contributed by atoms with Gasteiger partial charge >= 0.3 is 0 Å². The number of aromatic nitrogens is 1. The number of benzene rings is 2. The van der Waals surface area contributed by atoms with Gasteiger partial charge in [0.2, 0.25) is 5.91 Å². The molecule has 29 heavy (non-hydrogen) atoms. The second-order valence-corrected chi connectivity index (χ2v) is 9.05. The van der Waals surface area contributed by atoms with E-state index in [0.717, 1.165) is 22.6 Å². The zero-order valence-electron chi connectivity index (χ0n) is 16.1. The van der Waals surface area contributed by atoms with Gasteiger partial charge in [0.1, 0.15) is 5.82 Å². The average molecular weight is 474 g/mol. The Morgan fingerprint density at radius 2 is 1.90 bits per heavy atom. The molecule has 2 aromatic carbocycles. The molecule has 9 heteroatoms. The third-order valence-electron chi connectivity index (χ3n) is 4.03. The van der Waals surface area contributed by atoms with Crippen LogP contribution in [0.1, 0.15) is 6.42 Å². The monoisotopic (exact) mass is 473 g/mol. The van der Waals surface area contributed by atoms with E-state index < -0.39 is 0 Å². The molecule has 4 nitrogen and oxygen atoms in total. The van der Waals surface area contributed by atoms with Gasteiger partial charge < -0.3 is 4.90 Å². The van der Waals surface area contributed by atoms with Gasteiger partial charge in [-0.25, -0.2) is 9.37 Å². The molecule has 0 fully saturated rings.